The van der Waals surface area contributed by atoms with E-state index in [1.54, 1.807) is 12.1 Å². The average molecular weight is 262 g/mol. The van der Waals surface area contributed by atoms with Crippen LogP contribution in [0.2, 0.25) is 0 Å². The van der Waals surface area contributed by atoms with Crippen LogP contribution in [-0.4, -0.2) is 36.7 Å². The molecule has 2 rings (SSSR count). The molecule has 1 atom stereocenters. The predicted molar refractivity (Wildman–Crippen MR) is 75.3 cm³/mol. The van der Waals surface area contributed by atoms with Gasteiger partial charge in [0.05, 0.1) is 0 Å². The lowest BCUT2D eigenvalue weighted by Crippen LogP contribution is -2.34. The lowest BCUT2D eigenvalue weighted by atomic mass is 10.1. The summed E-state index contributed by atoms with van der Waals surface area (Å²) in [5.41, 5.74) is 0. The number of ether oxygens (including phenoxy) is 1. The first-order chi connectivity index (χ1) is 9.15. The standard InChI is InChI=1S/C15H22N2O2/c1-12(2)17-9-8-13(11-17)10-16-15(18)19-14-6-4-3-5-7-14/h3-7,12-13H,8-11H2,1-2H3,(H,16,18). The largest absolute Gasteiger partial charge is 0.412 e. The smallest absolute Gasteiger partial charge is 0.410 e. The van der Waals surface area contributed by atoms with Gasteiger partial charge in [0.1, 0.15) is 5.75 Å². The third kappa shape index (κ3) is 4.24. The normalized spacial score (nSPS) is 19.6. The fraction of sp³-hybridized carbons (Fsp3) is 0.533. The molecule has 0 aromatic heterocycles. The van der Waals surface area contributed by atoms with E-state index in [2.05, 4.69) is 24.1 Å². The van der Waals surface area contributed by atoms with E-state index in [-0.39, 0.29) is 6.09 Å². The van der Waals surface area contributed by atoms with E-state index in [9.17, 15) is 4.79 Å². The van der Waals surface area contributed by atoms with Crippen molar-refractivity contribution >= 4 is 6.09 Å². The maximum atomic E-state index is 11.6. The molecule has 0 radical (unpaired) electrons. The quantitative estimate of drug-likeness (QED) is 0.906. The molecule has 1 unspecified atom stereocenters. The Balaban J connectivity index is 1.70. The molecule has 1 aliphatic rings. The van der Waals surface area contributed by atoms with E-state index in [4.69, 9.17) is 4.74 Å². The van der Waals surface area contributed by atoms with Crippen molar-refractivity contribution in [2.45, 2.75) is 26.3 Å². The molecule has 0 saturated carbocycles. The van der Waals surface area contributed by atoms with Crippen LogP contribution in [-0.2, 0) is 0 Å². The maximum Gasteiger partial charge on any atom is 0.412 e. The molecule has 4 heteroatoms. The molecular formula is C15H22N2O2. The Morgan fingerprint density at radius 3 is 2.79 bits per heavy atom. The minimum absolute atomic E-state index is 0.366. The summed E-state index contributed by atoms with van der Waals surface area (Å²) in [7, 11) is 0. The third-order valence-corrected chi connectivity index (χ3v) is 3.54. The topological polar surface area (TPSA) is 41.6 Å². The number of carbonyl (C=O) groups is 1. The monoisotopic (exact) mass is 262 g/mol. The summed E-state index contributed by atoms with van der Waals surface area (Å²) in [6.45, 7) is 7.29. The van der Waals surface area contributed by atoms with E-state index >= 15 is 0 Å². The van der Waals surface area contributed by atoms with Crippen LogP contribution >= 0.6 is 0 Å². The van der Waals surface area contributed by atoms with Gasteiger partial charge in [0, 0.05) is 19.1 Å². The van der Waals surface area contributed by atoms with Crippen LogP contribution in [0.25, 0.3) is 0 Å². The van der Waals surface area contributed by atoms with Crippen molar-refractivity contribution in [3.8, 4) is 5.75 Å². The van der Waals surface area contributed by atoms with Gasteiger partial charge in [0.25, 0.3) is 0 Å². The molecule has 1 aliphatic heterocycles. The molecule has 1 aromatic carbocycles. The Bertz CT molecular complexity index is 406. The number of benzene rings is 1. The molecule has 1 aromatic rings. The molecular weight excluding hydrogens is 240 g/mol. The lowest BCUT2D eigenvalue weighted by Gasteiger charge is -2.20. The first kappa shape index (κ1) is 13.9. The summed E-state index contributed by atoms with van der Waals surface area (Å²) in [6, 6.07) is 9.72. The Morgan fingerprint density at radius 1 is 1.42 bits per heavy atom. The van der Waals surface area contributed by atoms with Gasteiger partial charge in [-0.1, -0.05) is 18.2 Å². The van der Waals surface area contributed by atoms with Crippen LogP contribution in [0, 0.1) is 5.92 Å². The fourth-order valence-electron chi connectivity index (χ4n) is 2.36. The Kier molecular flexibility index (Phi) is 4.80. The van der Waals surface area contributed by atoms with Gasteiger partial charge in [-0.05, 0) is 44.9 Å². The second-order valence-electron chi connectivity index (χ2n) is 5.33. The van der Waals surface area contributed by atoms with Gasteiger partial charge in [-0.25, -0.2) is 4.79 Å². The van der Waals surface area contributed by atoms with Gasteiger partial charge in [-0.3, -0.25) is 0 Å². The molecule has 0 aliphatic carbocycles. The van der Waals surface area contributed by atoms with Crippen molar-refractivity contribution in [1.29, 1.82) is 0 Å². The van der Waals surface area contributed by atoms with Crippen molar-refractivity contribution in [3.05, 3.63) is 30.3 Å². The summed E-state index contributed by atoms with van der Waals surface area (Å²) < 4.78 is 5.18. The number of para-hydroxylation sites is 1. The fourth-order valence-corrected chi connectivity index (χ4v) is 2.36. The van der Waals surface area contributed by atoms with E-state index in [0.717, 1.165) is 19.5 Å². The average Bonchev–Trinajstić information content (AvgIpc) is 2.86. The predicted octanol–water partition coefficient (Wildman–Crippen LogP) is 2.51. The molecule has 104 valence electrons. The van der Waals surface area contributed by atoms with E-state index in [1.165, 1.54) is 0 Å². The number of hydrogen-bond donors (Lipinski definition) is 1. The van der Waals surface area contributed by atoms with Gasteiger partial charge < -0.3 is 15.0 Å². The SMILES string of the molecule is CC(C)N1CCC(CNC(=O)Oc2ccccc2)C1. The van der Waals surface area contributed by atoms with Gasteiger partial charge >= 0.3 is 6.09 Å². The number of likely N-dealkylation sites (tertiary alicyclic amines) is 1. The van der Waals surface area contributed by atoms with E-state index in [1.807, 2.05) is 18.2 Å². The number of rotatable bonds is 4. The second-order valence-corrected chi connectivity index (χ2v) is 5.33. The van der Waals surface area contributed by atoms with Gasteiger partial charge in [-0.15, -0.1) is 0 Å². The highest BCUT2D eigenvalue weighted by atomic mass is 16.6. The number of hydrogen-bond acceptors (Lipinski definition) is 3. The van der Waals surface area contributed by atoms with Gasteiger partial charge in [-0.2, -0.15) is 0 Å². The molecule has 4 nitrogen and oxygen atoms in total. The van der Waals surface area contributed by atoms with Gasteiger partial charge in [0.2, 0.25) is 0 Å². The van der Waals surface area contributed by atoms with Crippen LogP contribution in [0.4, 0.5) is 4.79 Å². The van der Waals surface area contributed by atoms with Gasteiger partial charge in [0.15, 0.2) is 0 Å². The Labute approximate surface area is 114 Å². The second kappa shape index (κ2) is 6.57. The number of carbonyl (C=O) groups excluding carboxylic acids is 1. The maximum absolute atomic E-state index is 11.6. The summed E-state index contributed by atoms with van der Waals surface area (Å²) >= 11 is 0. The van der Waals surface area contributed by atoms with Crippen molar-refractivity contribution < 1.29 is 9.53 Å². The first-order valence-corrected chi connectivity index (χ1v) is 6.90. The highest BCUT2D eigenvalue weighted by Crippen LogP contribution is 2.17. The molecule has 1 saturated heterocycles. The Hall–Kier alpha value is -1.55. The minimum atomic E-state index is -0.366. The van der Waals surface area contributed by atoms with Crippen LogP contribution in [0.3, 0.4) is 0 Å². The molecule has 0 spiro atoms. The summed E-state index contributed by atoms with van der Waals surface area (Å²) in [5.74, 6) is 1.11. The Morgan fingerprint density at radius 2 is 2.16 bits per heavy atom. The highest BCUT2D eigenvalue weighted by Gasteiger charge is 2.24. The molecule has 1 N–H and O–H groups in total. The molecule has 1 heterocycles. The van der Waals surface area contributed by atoms with E-state index in [0.29, 0.717) is 24.3 Å². The molecule has 1 fully saturated rings. The number of amides is 1. The van der Waals surface area contributed by atoms with Crippen molar-refractivity contribution in [2.75, 3.05) is 19.6 Å². The van der Waals surface area contributed by atoms with Crippen LogP contribution in [0.1, 0.15) is 20.3 Å². The zero-order valence-electron chi connectivity index (χ0n) is 11.6. The highest BCUT2D eigenvalue weighted by molar-refractivity contribution is 5.70. The zero-order valence-corrected chi connectivity index (χ0v) is 11.6. The number of nitrogens with one attached hydrogen (secondary N) is 1. The molecule has 19 heavy (non-hydrogen) atoms. The molecule has 1 amide bonds. The van der Waals surface area contributed by atoms with Crippen LogP contribution < -0.4 is 10.1 Å². The van der Waals surface area contributed by atoms with Crippen molar-refractivity contribution in [2.24, 2.45) is 5.92 Å². The minimum Gasteiger partial charge on any atom is -0.410 e. The third-order valence-electron chi connectivity index (χ3n) is 3.54. The van der Waals surface area contributed by atoms with Crippen molar-refractivity contribution in [3.63, 3.8) is 0 Å². The van der Waals surface area contributed by atoms with Crippen LogP contribution in [0.15, 0.2) is 30.3 Å². The zero-order chi connectivity index (χ0) is 13.7. The first-order valence-electron chi connectivity index (χ1n) is 6.90. The molecule has 0 bridgehead atoms. The van der Waals surface area contributed by atoms with E-state index < -0.39 is 0 Å². The summed E-state index contributed by atoms with van der Waals surface area (Å²) in [6.07, 6.45) is 0.776. The van der Waals surface area contributed by atoms with Crippen molar-refractivity contribution in [1.82, 2.24) is 10.2 Å². The van der Waals surface area contributed by atoms with Crippen LogP contribution in [0.5, 0.6) is 5.75 Å². The summed E-state index contributed by atoms with van der Waals surface area (Å²) in [5, 5.41) is 2.84. The number of nitrogens with zero attached hydrogens (tertiary/aromatic N) is 1. The lowest BCUT2D eigenvalue weighted by molar-refractivity contribution is 0.197. The summed E-state index contributed by atoms with van der Waals surface area (Å²) in [4.78, 5) is 14.1.